The summed E-state index contributed by atoms with van der Waals surface area (Å²) in [6.07, 6.45) is 3.46. The summed E-state index contributed by atoms with van der Waals surface area (Å²) in [6.45, 7) is 5.30. The Kier molecular flexibility index (Phi) is 7.82. The Bertz CT molecular complexity index is 990. The van der Waals surface area contributed by atoms with Crippen molar-refractivity contribution in [2.75, 3.05) is 51.3 Å². The number of nitrogens with zero attached hydrogens (tertiary/aromatic N) is 3. The molecule has 3 fully saturated rings. The van der Waals surface area contributed by atoms with Gasteiger partial charge in [-0.15, -0.1) is 0 Å². The van der Waals surface area contributed by atoms with E-state index in [0.717, 1.165) is 18.4 Å². The van der Waals surface area contributed by atoms with Gasteiger partial charge in [0.15, 0.2) is 9.84 Å². The smallest absolute Gasteiger partial charge is 0.228 e. The SMILES string of the molecule is CCCCN1C(=O)CC[C@H](C(=O)N2CCN([C@H]3CCS(=O)(=O)C3)CC2)[C@@H]1c1ccccc1OC. The molecule has 0 aromatic heterocycles. The van der Waals surface area contributed by atoms with Crippen LogP contribution in [-0.4, -0.2) is 92.3 Å². The van der Waals surface area contributed by atoms with Gasteiger partial charge in [-0.25, -0.2) is 8.42 Å². The van der Waals surface area contributed by atoms with Crippen molar-refractivity contribution >= 4 is 21.7 Å². The predicted octanol–water partition coefficient (Wildman–Crippen LogP) is 2.11. The Morgan fingerprint density at radius 1 is 1.12 bits per heavy atom. The molecule has 3 saturated heterocycles. The highest BCUT2D eigenvalue weighted by Gasteiger charge is 2.44. The number of likely N-dealkylation sites (tertiary alicyclic amines) is 1. The van der Waals surface area contributed by atoms with E-state index in [1.54, 1.807) is 7.11 Å². The number of ether oxygens (including phenoxy) is 1. The number of para-hydroxylation sites is 1. The van der Waals surface area contributed by atoms with E-state index < -0.39 is 9.84 Å². The summed E-state index contributed by atoms with van der Waals surface area (Å²) in [5, 5.41) is 0. The van der Waals surface area contributed by atoms with Crippen LogP contribution in [0, 0.1) is 5.92 Å². The van der Waals surface area contributed by atoms with Crippen LogP contribution in [0.3, 0.4) is 0 Å². The van der Waals surface area contributed by atoms with Gasteiger partial charge in [-0.05, 0) is 25.3 Å². The van der Waals surface area contributed by atoms with E-state index in [1.165, 1.54) is 0 Å². The first-order chi connectivity index (χ1) is 16.3. The minimum atomic E-state index is -2.93. The molecule has 2 amide bonds. The molecule has 0 saturated carbocycles. The minimum Gasteiger partial charge on any atom is -0.496 e. The Hall–Kier alpha value is -2.13. The van der Waals surface area contributed by atoms with Crippen molar-refractivity contribution in [3.63, 3.8) is 0 Å². The fourth-order valence-corrected chi connectivity index (χ4v) is 7.47. The largest absolute Gasteiger partial charge is 0.496 e. The minimum absolute atomic E-state index is 0.0698. The van der Waals surface area contributed by atoms with Crippen LogP contribution in [0.4, 0.5) is 0 Å². The van der Waals surface area contributed by atoms with E-state index in [0.29, 0.717) is 57.7 Å². The molecule has 0 radical (unpaired) electrons. The molecule has 9 heteroatoms. The molecule has 188 valence electrons. The van der Waals surface area contributed by atoms with Gasteiger partial charge >= 0.3 is 0 Å². The Balaban J connectivity index is 1.52. The number of amides is 2. The predicted molar refractivity (Wildman–Crippen MR) is 130 cm³/mol. The first-order valence-electron chi connectivity index (χ1n) is 12.5. The van der Waals surface area contributed by atoms with E-state index in [-0.39, 0.29) is 41.3 Å². The molecule has 0 unspecified atom stereocenters. The van der Waals surface area contributed by atoms with Gasteiger partial charge in [0, 0.05) is 50.7 Å². The van der Waals surface area contributed by atoms with Gasteiger partial charge in [-0.1, -0.05) is 31.5 Å². The van der Waals surface area contributed by atoms with Crippen LogP contribution in [0.25, 0.3) is 0 Å². The maximum atomic E-state index is 13.8. The molecule has 8 nitrogen and oxygen atoms in total. The van der Waals surface area contributed by atoms with E-state index in [4.69, 9.17) is 4.74 Å². The highest BCUT2D eigenvalue weighted by Crippen LogP contribution is 2.41. The van der Waals surface area contributed by atoms with Crippen LogP contribution in [0.1, 0.15) is 50.6 Å². The monoisotopic (exact) mass is 491 g/mol. The van der Waals surface area contributed by atoms with Crippen molar-refractivity contribution in [2.45, 2.75) is 51.1 Å². The average molecular weight is 492 g/mol. The number of hydrogen-bond acceptors (Lipinski definition) is 6. The zero-order chi connectivity index (χ0) is 24.3. The van der Waals surface area contributed by atoms with Crippen LogP contribution in [-0.2, 0) is 19.4 Å². The van der Waals surface area contributed by atoms with Crippen LogP contribution in [0.2, 0.25) is 0 Å². The Morgan fingerprint density at radius 3 is 2.50 bits per heavy atom. The van der Waals surface area contributed by atoms with Gasteiger partial charge in [-0.2, -0.15) is 0 Å². The standard InChI is InChI=1S/C25H37N3O5S/c1-3-4-12-28-23(29)10-9-21(24(28)20-7-5-6-8-22(20)33-2)25(30)27-15-13-26(14-16-27)19-11-17-34(31,32)18-19/h5-8,19,21,24H,3-4,9-18H2,1-2H3/t19-,21-,24-/m0/s1. The molecule has 0 spiro atoms. The summed E-state index contributed by atoms with van der Waals surface area (Å²) in [5.74, 6) is 1.07. The molecule has 3 aliphatic heterocycles. The summed E-state index contributed by atoms with van der Waals surface area (Å²) < 4.78 is 29.4. The number of sulfone groups is 1. The zero-order valence-electron chi connectivity index (χ0n) is 20.3. The van der Waals surface area contributed by atoms with Crippen LogP contribution < -0.4 is 4.74 Å². The number of carbonyl (C=O) groups is 2. The van der Waals surface area contributed by atoms with E-state index in [9.17, 15) is 18.0 Å². The molecule has 3 atom stereocenters. The summed E-state index contributed by atoms with van der Waals surface area (Å²) in [7, 11) is -1.30. The molecule has 1 aromatic rings. The Labute approximate surface area is 203 Å². The third-order valence-electron chi connectivity index (χ3n) is 7.58. The molecular formula is C25H37N3O5S. The van der Waals surface area contributed by atoms with Crippen molar-refractivity contribution in [1.29, 1.82) is 0 Å². The highest BCUT2D eigenvalue weighted by atomic mass is 32.2. The van der Waals surface area contributed by atoms with Crippen LogP contribution in [0.15, 0.2) is 24.3 Å². The number of unbranched alkanes of at least 4 members (excludes halogenated alkanes) is 1. The number of carbonyl (C=O) groups excluding carboxylic acids is 2. The Morgan fingerprint density at radius 2 is 1.85 bits per heavy atom. The average Bonchev–Trinajstić information content (AvgIpc) is 3.22. The fourth-order valence-electron chi connectivity index (χ4n) is 5.70. The third-order valence-corrected chi connectivity index (χ3v) is 9.33. The fraction of sp³-hybridized carbons (Fsp3) is 0.680. The molecule has 0 N–H and O–H groups in total. The second-order valence-corrected chi connectivity index (χ2v) is 11.9. The van der Waals surface area contributed by atoms with E-state index >= 15 is 0 Å². The lowest BCUT2D eigenvalue weighted by molar-refractivity contribution is -0.149. The second kappa shape index (κ2) is 10.6. The summed E-state index contributed by atoms with van der Waals surface area (Å²) in [5.41, 5.74) is 0.891. The maximum Gasteiger partial charge on any atom is 0.228 e. The zero-order valence-corrected chi connectivity index (χ0v) is 21.1. The topological polar surface area (TPSA) is 87.2 Å². The lowest BCUT2D eigenvalue weighted by Crippen LogP contribution is -2.55. The number of methoxy groups -OCH3 is 1. The number of benzene rings is 1. The molecule has 0 aliphatic carbocycles. The van der Waals surface area contributed by atoms with Gasteiger partial charge in [0.1, 0.15) is 5.75 Å². The van der Waals surface area contributed by atoms with Crippen molar-refractivity contribution in [3.05, 3.63) is 29.8 Å². The maximum absolute atomic E-state index is 13.8. The summed E-state index contributed by atoms with van der Waals surface area (Å²) in [6, 6.07) is 7.44. The van der Waals surface area contributed by atoms with Crippen molar-refractivity contribution in [3.8, 4) is 5.75 Å². The number of hydrogen-bond donors (Lipinski definition) is 0. The first-order valence-corrected chi connectivity index (χ1v) is 14.3. The first kappa shape index (κ1) is 25.0. The van der Waals surface area contributed by atoms with Crippen molar-refractivity contribution < 1.29 is 22.7 Å². The molecular weight excluding hydrogens is 454 g/mol. The van der Waals surface area contributed by atoms with Gasteiger partial charge in [0.25, 0.3) is 0 Å². The van der Waals surface area contributed by atoms with Gasteiger partial charge in [0.05, 0.1) is 30.6 Å². The van der Waals surface area contributed by atoms with E-state index in [1.807, 2.05) is 34.1 Å². The summed E-state index contributed by atoms with van der Waals surface area (Å²) in [4.78, 5) is 32.8. The third kappa shape index (κ3) is 5.25. The van der Waals surface area contributed by atoms with Crippen molar-refractivity contribution in [1.82, 2.24) is 14.7 Å². The van der Waals surface area contributed by atoms with Gasteiger partial charge in [-0.3, -0.25) is 14.5 Å². The second-order valence-electron chi connectivity index (χ2n) is 9.69. The normalized spacial score (nSPS) is 27.7. The molecule has 34 heavy (non-hydrogen) atoms. The van der Waals surface area contributed by atoms with Gasteiger partial charge in [0.2, 0.25) is 11.8 Å². The van der Waals surface area contributed by atoms with Crippen LogP contribution >= 0.6 is 0 Å². The quantitative estimate of drug-likeness (QED) is 0.581. The van der Waals surface area contributed by atoms with Crippen LogP contribution in [0.5, 0.6) is 5.75 Å². The van der Waals surface area contributed by atoms with E-state index in [2.05, 4.69) is 11.8 Å². The highest BCUT2D eigenvalue weighted by molar-refractivity contribution is 7.91. The molecule has 1 aromatic carbocycles. The number of piperidine rings is 1. The molecule has 0 bridgehead atoms. The molecule has 3 aliphatic rings. The lowest BCUT2D eigenvalue weighted by Gasteiger charge is -2.44. The number of piperazine rings is 1. The molecule has 4 rings (SSSR count). The molecule has 3 heterocycles. The van der Waals surface area contributed by atoms with Crippen molar-refractivity contribution in [2.24, 2.45) is 5.92 Å². The summed E-state index contributed by atoms with van der Waals surface area (Å²) >= 11 is 0. The van der Waals surface area contributed by atoms with Gasteiger partial charge < -0.3 is 14.5 Å². The lowest BCUT2D eigenvalue weighted by atomic mass is 9.82. The number of rotatable bonds is 7.